The van der Waals surface area contributed by atoms with E-state index in [-0.39, 0.29) is 28.6 Å². The van der Waals surface area contributed by atoms with Crippen LogP contribution in [0.25, 0.3) is 5.65 Å². The molecule has 10 nitrogen and oxygen atoms in total. The highest BCUT2D eigenvalue weighted by molar-refractivity contribution is 5.91. The molecule has 0 fully saturated rings. The average Bonchev–Trinajstić information content (AvgIpc) is 2.97. The van der Waals surface area contributed by atoms with Gasteiger partial charge in [-0.15, -0.1) is 10.2 Å². The molecule has 0 saturated heterocycles. The number of carboxylic acid groups (broad SMARTS) is 1. The molecule has 2 aromatic heterocycles. The number of pyridine rings is 1. The van der Waals surface area contributed by atoms with Gasteiger partial charge in [0.1, 0.15) is 22.9 Å². The summed E-state index contributed by atoms with van der Waals surface area (Å²) in [6.45, 7) is 0. The lowest BCUT2D eigenvalue weighted by Crippen LogP contribution is -1.96. The maximum absolute atomic E-state index is 13.5. The fourth-order valence-corrected chi connectivity index (χ4v) is 2.22. The van der Waals surface area contributed by atoms with Crippen molar-refractivity contribution in [3.05, 3.63) is 58.2 Å². The number of benzene rings is 1. The van der Waals surface area contributed by atoms with Crippen LogP contribution in [0.2, 0.25) is 0 Å². The first-order chi connectivity index (χ1) is 12.4. The van der Waals surface area contributed by atoms with Crippen molar-refractivity contribution in [2.45, 2.75) is 0 Å². The quantitative estimate of drug-likeness (QED) is 0.421. The van der Waals surface area contributed by atoms with Crippen molar-refractivity contribution in [3.8, 4) is 5.75 Å². The van der Waals surface area contributed by atoms with Crippen molar-refractivity contribution >= 4 is 28.8 Å². The maximum Gasteiger partial charge on any atom is 0.358 e. The average molecular weight is 359 g/mol. The number of nitrogens with zero attached hydrogens (tertiary/aromatic N) is 5. The third-order valence-corrected chi connectivity index (χ3v) is 3.39. The number of hydrogen-bond donors (Lipinski definition) is 1. The molecule has 3 aromatic rings. The SMILES string of the molecule is COc1ccc([N+](=O)[O-])cc1N=Nc1c(C(=O)O)nc2ccc(F)cn12. The number of halogens is 1. The molecule has 3 rings (SSSR count). The number of fused-ring (bicyclic) bond motifs is 1. The van der Waals surface area contributed by atoms with E-state index < -0.39 is 22.4 Å². The molecule has 0 spiro atoms. The number of nitro groups is 1. The number of carbonyl (C=O) groups is 1. The van der Waals surface area contributed by atoms with Crippen LogP contribution in [0.3, 0.4) is 0 Å². The fraction of sp³-hybridized carbons (Fsp3) is 0.0667. The minimum atomic E-state index is -1.38. The van der Waals surface area contributed by atoms with Crippen molar-refractivity contribution in [2.75, 3.05) is 7.11 Å². The number of azo groups is 1. The number of methoxy groups -OCH3 is 1. The number of imidazole rings is 1. The van der Waals surface area contributed by atoms with E-state index >= 15 is 0 Å². The van der Waals surface area contributed by atoms with Crippen LogP contribution in [0.15, 0.2) is 46.8 Å². The van der Waals surface area contributed by atoms with E-state index in [0.717, 1.165) is 22.7 Å². The Morgan fingerprint density at radius 2 is 2.12 bits per heavy atom. The van der Waals surface area contributed by atoms with Crippen LogP contribution in [0.4, 0.5) is 21.6 Å². The van der Waals surface area contributed by atoms with E-state index in [4.69, 9.17) is 4.74 Å². The number of ether oxygens (including phenoxy) is 1. The Morgan fingerprint density at radius 3 is 2.77 bits per heavy atom. The molecule has 1 aromatic carbocycles. The Bertz CT molecular complexity index is 1060. The molecular weight excluding hydrogens is 349 g/mol. The second-order valence-electron chi connectivity index (χ2n) is 4.98. The van der Waals surface area contributed by atoms with E-state index in [1.54, 1.807) is 0 Å². The maximum atomic E-state index is 13.5. The zero-order valence-corrected chi connectivity index (χ0v) is 13.2. The van der Waals surface area contributed by atoms with Crippen molar-refractivity contribution in [1.29, 1.82) is 0 Å². The standard InChI is InChI=1S/C15H10FN5O5/c1-26-11-4-3-9(21(24)25)6-10(11)18-19-14-13(15(22)23)17-12-5-2-8(16)7-20(12)14/h2-7H,1H3,(H,22,23). The summed E-state index contributed by atoms with van der Waals surface area (Å²) < 4.78 is 19.7. The normalized spacial score (nSPS) is 11.2. The van der Waals surface area contributed by atoms with Crippen molar-refractivity contribution in [2.24, 2.45) is 10.2 Å². The van der Waals surface area contributed by atoms with E-state index in [2.05, 4.69) is 15.2 Å². The first-order valence-corrected chi connectivity index (χ1v) is 7.06. The van der Waals surface area contributed by atoms with Crippen LogP contribution in [-0.4, -0.2) is 32.5 Å². The number of non-ortho nitro benzene ring substituents is 1. The van der Waals surface area contributed by atoms with Crippen LogP contribution in [0.5, 0.6) is 5.75 Å². The molecule has 0 radical (unpaired) electrons. The van der Waals surface area contributed by atoms with E-state index in [1.165, 1.54) is 25.3 Å². The Morgan fingerprint density at radius 1 is 1.35 bits per heavy atom. The minimum Gasteiger partial charge on any atom is -0.494 e. The molecule has 0 aliphatic heterocycles. The second kappa shape index (κ2) is 6.55. The molecule has 2 heterocycles. The Hall–Kier alpha value is -3.89. The number of nitro benzene ring substituents is 1. The van der Waals surface area contributed by atoms with Crippen LogP contribution in [-0.2, 0) is 0 Å². The molecule has 0 unspecified atom stereocenters. The molecule has 26 heavy (non-hydrogen) atoms. The van der Waals surface area contributed by atoms with Gasteiger partial charge < -0.3 is 9.84 Å². The molecule has 0 atom stereocenters. The number of hydrogen-bond acceptors (Lipinski definition) is 7. The molecule has 0 bridgehead atoms. The Labute approximate surface area is 144 Å². The van der Waals surface area contributed by atoms with Gasteiger partial charge in [-0.1, -0.05) is 0 Å². The lowest BCUT2D eigenvalue weighted by atomic mass is 10.2. The van der Waals surface area contributed by atoms with Crippen LogP contribution in [0.1, 0.15) is 10.5 Å². The topological polar surface area (TPSA) is 132 Å². The summed E-state index contributed by atoms with van der Waals surface area (Å²) in [4.78, 5) is 25.5. The summed E-state index contributed by atoms with van der Waals surface area (Å²) in [7, 11) is 1.34. The van der Waals surface area contributed by atoms with E-state index in [9.17, 15) is 24.4 Å². The lowest BCUT2D eigenvalue weighted by molar-refractivity contribution is -0.384. The van der Waals surface area contributed by atoms with Gasteiger partial charge in [0, 0.05) is 18.3 Å². The third-order valence-electron chi connectivity index (χ3n) is 3.39. The van der Waals surface area contributed by atoms with Crippen LogP contribution in [0, 0.1) is 15.9 Å². The smallest absolute Gasteiger partial charge is 0.358 e. The van der Waals surface area contributed by atoms with Crippen LogP contribution >= 0.6 is 0 Å². The molecular formula is C15H10FN5O5. The highest BCUT2D eigenvalue weighted by Gasteiger charge is 2.19. The van der Waals surface area contributed by atoms with Crippen molar-refractivity contribution < 1.29 is 24.0 Å². The number of carboxylic acids is 1. The largest absolute Gasteiger partial charge is 0.494 e. The monoisotopic (exact) mass is 359 g/mol. The van der Waals surface area contributed by atoms with E-state index in [0.29, 0.717) is 0 Å². The molecule has 0 aliphatic rings. The van der Waals surface area contributed by atoms with Gasteiger partial charge >= 0.3 is 5.97 Å². The summed E-state index contributed by atoms with van der Waals surface area (Å²) in [5.41, 5.74) is -0.528. The summed E-state index contributed by atoms with van der Waals surface area (Å²) in [5, 5.41) is 27.8. The fourth-order valence-electron chi connectivity index (χ4n) is 2.22. The third kappa shape index (κ3) is 3.05. The first-order valence-electron chi connectivity index (χ1n) is 7.06. The molecule has 132 valence electrons. The number of aromatic nitrogens is 2. The summed E-state index contributed by atoms with van der Waals surface area (Å²) in [5.74, 6) is -2.05. The first kappa shape index (κ1) is 17.0. The van der Waals surface area contributed by atoms with Gasteiger partial charge in [0.25, 0.3) is 5.69 Å². The van der Waals surface area contributed by atoms with Crippen molar-refractivity contribution in [3.63, 3.8) is 0 Å². The summed E-state index contributed by atoms with van der Waals surface area (Å²) in [6.07, 6.45) is 1.01. The lowest BCUT2D eigenvalue weighted by Gasteiger charge is -2.03. The van der Waals surface area contributed by atoms with Crippen molar-refractivity contribution in [1.82, 2.24) is 9.38 Å². The number of rotatable bonds is 5. The summed E-state index contributed by atoms with van der Waals surface area (Å²) >= 11 is 0. The predicted molar refractivity (Wildman–Crippen MR) is 85.9 cm³/mol. The van der Waals surface area contributed by atoms with Gasteiger partial charge in [0.05, 0.1) is 12.0 Å². The van der Waals surface area contributed by atoms with E-state index in [1.807, 2.05) is 0 Å². The molecule has 0 saturated carbocycles. The second-order valence-corrected chi connectivity index (χ2v) is 4.98. The van der Waals surface area contributed by atoms with Gasteiger partial charge in [-0.05, 0) is 18.2 Å². The Kier molecular flexibility index (Phi) is 4.27. The minimum absolute atomic E-state index is 0.00407. The molecule has 0 aliphatic carbocycles. The highest BCUT2D eigenvalue weighted by Crippen LogP contribution is 2.33. The zero-order valence-electron chi connectivity index (χ0n) is 13.2. The number of aromatic carboxylic acids is 1. The molecule has 0 amide bonds. The van der Waals surface area contributed by atoms with Gasteiger partial charge in [0.15, 0.2) is 11.5 Å². The zero-order chi connectivity index (χ0) is 18.8. The molecule has 1 N–H and O–H groups in total. The Balaban J connectivity index is 2.15. The summed E-state index contributed by atoms with van der Waals surface area (Å²) in [6, 6.07) is 6.09. The van der Waals surface area contributed by atoms with Gasteiger partial charge in [0.2, 0.25) is 0 Å². The van der Waals surface area contributed by atoms with Gasteiger partial charge in [-0.2, -0.15) is 0 Å². The van der Waals surface area contributed by atoms with Gasteiger partial charge in [-0.3, -0.25) is 14.5 Å². The van der Waals surface area contributed by atoms with Crippen LogP contribution < -0.4 is 4.74 Å². The van der Waals surface area contributed by atoms with Gasteiger partial charge in [-0.25, -0.2) is 14.2 Å². The molecule has 11 heteroatoms. The predicted octanol–water partition coefficient (Wildman–Crippen LogP) is 3.50. The highest BCUT2D eigenvalue weighted by atomic mass is 19.1.